The van der Waals surface area contributed by atoms with Crippen LogP contribution in [0.25, 0.3) is 0 Å². The highest BCUT2D eigenvalue weighted by molar-refractivity contribution is 5.30. The predicted octanol–water partition coefficient (Wildman–Crippen LogP) is 2.95. The maximum atomic E-state index is 13.5. The van der Waals surface area contributed by atoms with Crippen LogP contribution in [0.15, 0.2) is 18.2 Å². The number of benzene rings is 1. The number of hydrogen-bond acceptors (Lipinski definition) is 3. The average Bonchev–Trinajstić information content (AvgIpc) is 2.30. The van der Waals surface area contributed by atoms with Crippen LogP contribution in [0.4, 0.5) is 4.39 Å². The highest BCUT2D eigenvalue weighted by Crippen LogP contribution is 2.22. The molecular weight excluding hydrogens is 221 g/mol. The van der Waals surface area contributed by atoms with Crippen molar-refractivity contribution < 1.29 is 14.2 Å². The normalized spacial score (nSPS) is 11.9. The van der Waals surface area contributed by atoms with Gasteiger partial charge in [-0.05, 0) is 37.5 Å². The molecule has 17 heavy (non-hydrogen) atoms. The van der Waals surface area contributed by atoms with Crippen molar-refractivity contribution >= 4 is 0 Å². The highest BCUT2D eigenvalue weighted by atomic mass is 19.1. The molecule has 0 aliphatic carbocycles. The van der Waals surface area contributed by atoms with Crippen LogP contribution >= 0.6 is 0 Å². The van der Waals surface area contributed by atoms with Gasteiger partial charge in [-0.25, -0.2) is 4.39 Å². The summed E-state index contributed by atoms with van der Waals surface area (Å²) >= 11 is 0. The number of hydrogen-bond donors (Lipinski definition) is 1. The third-order valence-corrected chi connectivity index (χ3v) is 2.38. The molecule has 0 heterocycles. The van der Waals surface area contributed by atoms with E-state index >= 15 is 0 Å². The Bertz CT molecular complexity index is 399. The van der Waals surface area contributed by atoms with Crippen LogP contribution in [0, 0.1) is 17.1 Å². The lowest BCUT2D eigenvalue weighted by Gasteiger charge is -2.09. The Morgan fingerprint density at radius 3 is 2.82 bits per heavy atom. The summed E-state index contributed by atoms with van der Waals surface area (Å²) in [6.45, 7) is 1.98. The van der Waals surface area contributed by atoms with Gasteiger partial charge in [-0.1, -0.05) is 6.07 Å². The van der Waals surface area contributed by atoms with Crippen molar-refractivity contribution in [1.82, 2.24) is 0 Å². The molecule has 0 spiro atoms. The van der Waals surface area contributed by atoms with E-state index in [-0.39, 0.29) is 5.75 Å². The first kappa shape index (κ1) is 13.5. The molecule has 3 nitrogen and oxygen atoms in total. The van der Waals surface area contributed by atoms with E-state index in [1.807, 2.05) is 6.07 Å². The van der Waals surface area contributed by atoms with Crippen molar-refractivity contribution in [2.45, 2.75) is 32.3 Å². The topological polar surface area (TPSA) is 53.2 Å². The third kappa shape index (κ3) is 4.41. The van der Waals surface area contributed by atoms with Gasteiger partial charge in [0.2, 0.25) is 0 Å². The molecule has 4 heteroatoms. The van der Waals surface area contributed by atoms with Crippen molar-refractivity contribution in [1.29, 1.82) is 5.26 Å². The molecule has 1 N–H and O–H groups in total. The van der Waals surface area contributed by atoms with Crippen LogP contribution in [-0.4, -0.2) is 11.7 Å². The van der Waals surface area contributed by atoms with Crippen molar-refractivity contribution in [2.75, 3.05) is 6.61 Å². The maximum Gasteiger partial charge on any atom is 0.165 e. The second-order valence-corrected chi connectivity index (χ2v) is 3.83. The Kier molecular flexibility index (Phi) is 5.44. The molecule has 0 bridgehead atoms. The second-order valence-electron chi connectivity index (χ2n) is 3.83. The van der Waals surface area contributed by atoms with Crippen LogP contribution in [0.2, 0.25) is 0 Å². The van der Waals surface area contributed by atoms with E-state index in [2.05, 4.69) is 0 Å². The van der Waals surface area contributed by atoms with Gasteiger partial charge in [0.25, 0.3) is 0 Å². The van der Waals surface area contributed by atoms with Gasteiger partial charge in [-0.15, -0.1) is 0 Å². The SMILES string of the molecule is C[C@@H](O)c1ccc(OCCCCC#N)c(F)c1. The van der Waals surface area contributed by atoms with Gasteiger partial charge in [0.15, 0.2) is 11.6 Å². The van der Waals surface area contributed by atoms with E-state index in [0.717, 1.165) is 12.8 Å². The fourth-order valence-corrected chi connectivity index (χ4v) is 1.38. The molecule has 92 valence electrons. The standard InChI is InChI=1S/C13H16FNO2/c1-10(16)11-5-6-13(12(14)9-11)17-8-4-2-3-7-15/h5-6,9-10,16H,2-4,8H2,1H3/t10-/m1/s1. The average molecular weight is 237 g/mol. The first-order valence-corrected chi connectivity index (χ1v) is 5.62. The Hall–Kier alpha value is -1.60. The summed E-state index contributed by atoms with van der Waals surface area (Å²) in [4.78, 5) is 0. The monoisotopic (exact) mass is 237 g/mol. The van der Waals surface area contributed by atoms with Gasteiger partial charge in [0.05, 0.1) is 18.8 Å². The van der Waals surface area contributed by atoms with E-state index in [0.29, 0.717) is 18.6 Å². The summed E-state index contributed by atoms with van der Waals surface area (Å²) < 4.78 is 18.7. The first-order chi connectivity index (χ1) is 8.15. The van der Waals surface area contributed by atoms with E-state index in [9.17, 15) is 9.50 Å². The molecule has 1 aromatic carbocycles. The minimum atomic E-state index is -0.686. The molecule has 0 aliphatic rings. The van der Waals surface area contributed by atoms with Crippen molar-refractivity contribution in [3.63, 3.8) is 0 Å². The summed E-state index contributed by atoms with van der Waals surface area (Å²) in [6, 6.07) is 6.47. The number of aliphatic hydroxyl groups is 1. The summed E-state index contributed by atoms with van der Waals surface area (Å²) in [6.07, 6.45) is 1.29. The van der Waals surface area contributed by atoms with E-state index in [1.165, 1.54) is 12.1 Å². The minimum absolute atomic E-state index is 0.186. The lowest BCUT2D eigenvalue weighted by Crippen LogP contribution is -2.00. The molecule has 0 aromatic heterocycles. The number of rotatable bonds is 6. The number of aliphatic hydroxyl groups excluding tert-OH is 1. The highest BCUT2D eigenvalue weighted by Gasteiger charge is 2.07. The van der Waals surface area contributed by atoms with Crippen LogP contribution in [0.3, 0.4) is 0 Å². The number of ether oxygens (including phenoxy) is 1. The molecule has 0 amide bonds. The zero-order valence-electron chi connectivity index (χ0n) is 9.82. The van der Waals surface area contributed by atoms with E-state index < -0.39 is 11.9 Å². The first-order valence-electron chi connectivity index (χ1n) is 5.62. The van der Waals surface area contributed by atoms with Crippen LogP contribution in [0.5, 0.6) is 5.75 Å². The van der Waals surface area contributed by atoms with Gasteiger partial charge in [-0.3, -0.25) is 0 Å². The Balaban J connectivity index is 2.47. The molecule has 0 aliphatic heterocycles. The molecule has 1 atom stereocenters. The lowest BCUT2D eigenvalue weighted by molar-refractivity contribution is 0.198. The Morgan fingerprint density at radius 2 is 2.24 bits per heavy atom. The summed E-state index contributed by atoms with van der Waals surface area (Å²) in [5, 5.41) is 17.6. The van der Waals surface area contributed by atoms with Crippen LogP contribution < -0.4 is 4.74 Å². The smallest absolute Gasteiger partial charge is 0.165 e. The fourth-order valence-electron chi connectivity index (χ4n) is 1.38. The van der Waals surface area contributed by atoms with Gasteiger partial charge in [-0.2, -0.15) is 5.26 Å². The molecular formula is C13H16FNO2. The Labute approximate surface area is 100 Å². The fraction of sp³-hybridized carbons (Fsp3) is 0.462. The molecule has 1 rings (SSSR count). The van der Waals surface area contributed by atoms with E-state index in [1.54, 1.807) is 13.0 Å². The van der Waals surface area contributed by atoms with E-state index in [4.69, 9.17) is 10.00 Å². The van der Waals surface area contributed by atoms with Crippen molar-refractivity contribution in [3.8, 4) is 11.8 Å². The van der Waals surface area contributed by atoms with Gasteiger partial charge >= 0.3 is 0 Å². The Morgan fingerprint density at radius 1 is 1.47 bits per heavy atom. The molecule has 0 unspecified atom stereocenters. The molecule has 0 saturated heterocycles. The zero-order valence-corrected chi connectivity index (χ0v) is 9.82. The number of nitrogens with zero attached hydrogens (tertiary/aromatic N) is 1. The summed E-state index contributed by atoms with van der Waals surface area (Å²) in [5.41, 5.74) is 0.527. The zero-order chi connectivity index (χ0) is 12.7. The molecule has 0 radical (unpaired) electrons. The van der Waals surface area contributed by atoms with Crippen molar-refractivity contribution in [3.05, 3.63) is 29.6 Å². The molecule has 0 fully saturated rings. The van der Waals surface area contributed by atoms with Crippen LogP contribution in [-0.2, 0) is 0 Å². The number of unbranched alkanes of at least 4 members (excludes halogenated alkanes) is 2. The van der Waals surface area contributed by atoms with Crippen LogP contribution in [0.1, 0.15) is 37.9 Å². The van der Waals surface area contributed by atoms with Gasteiger partial charge in [0.1, 0.15) is 0 Å². The largest absolute Gasteiger partial charge is 0.491 e. The minimum Gasteiger partial charge on any atom is -0.491 e. The molecule has 1 aromatic rings. The van der Waals surface area contributed by atoms with Gasteiger partial charge < -0.3 is 9.84 Å². The maximum absolute atomic E-state index is 13.5. The summed E-state index contributed by atoms with van der Waals surface area (Å²) in [7, 11) is 0. The number of nitriles is 1. The molecule has 0 saturated carbocycles. The number of halogens is 1. The quantitative estimate of drug-likeness (QED) is 0.774. The van der Waals surface area contributed by atoms with Crippen molar-refractivity contribution in [2.24, 2.45) is 0 Å². The second kappa shape index (κ2) is 6.87. The lowest BCUT2D eigenvalue weighted by atomic mass is 10.1. The third-order valence-electron chi connectivity index (χ3n) is 2.38. The predicted molar refractivity (Wildman–Crippen MR) is 62.0 cm³/mol. The summed E-state index contributed by atoms with van der Waals surface area (Å²) in [5.74, 6) is -0.282. The van der Waals surface area contributed by atoms with Gasteiger partial charge in [0, 0.05) is 6.42 Å².